The predicted molar refractivity (Wildman–Crippen MR) is 58.8 cm³/mol. The number of aliphatic hydroxyl groups is 1. The second kappa shape index (κ2) is 4.01. The van der Waals surface area contributed by atoms with Gasteiger partial charge in [0.25, 0.3) is 0 Å². The minimum Gasteiger partial charge on any atom is -0.396 e. The van der Waals surface area contributed by atoms with E-state index in [0.29, 0.717) is 5.92 Å². The van der Waals surface area contributed by atoms with Crippen LogP contribution in [0.3, 0.4) is 0 Å². The van der Waals surface area contributed by atoms with Crippen LogP contribution in [0.5, 0.6) is 0 Å². The van der Waals surface area contributed by atoms with E-state index in [1.807, 2.05) is 0 Å². The molecule has 1 aromatic carbocycles. The summed E-state index contributed by atoms with van der Waals surface area (Å²) in [5.74, 6) is 0.330. The van der Waals surface area contributed by atoms with Gasteiger partial charge in [0.05, 0.1) is 6.61 Å². The third kappa shape index (κ3) is 1.62. The minimum absolute atomic E-state index is 0.269. The molecule has 1 aliphatic heterocycles. The van der Waals surface area contributed by atoms with Gasteiger partial charge in [0.15, 0.2) is 0 Å². The molecule has 0 radical (unpaired) electrons. The Balaban J connectivity index is 2.41. The predicted octanol–water partition coefficient (Wildman–Crippen LogP) is 1.99. The summed E-state index contributed by atoms with van der Waals surface area (Å²) in [6.45, 7) is 1.36. The Morgan fingerprint density at radius 1 is 1.43 bits per heavy atom. The molecular weight excluding hydrogens is 174 g/mol. The first-order valence-corrected chi connectivity index (χ1v) is 5.24. The van der Waals surface area contributed by atoms with Crippen molar-refractivity contribution in [3.05, 3.63) is 29.8 Å². The van der Waals surface area contributed by atoms with Crippen molar-refractivity contribution in [3.63, 3.8) is 0 Å². The van der Waals surface area contributed by atoms with Gasteiger partial charge in [0.1, 0.15) is 0 Å². The summed E-state index contributed by atoms with van der Waals surface area (Å²) in [4.78, 5) is 2.28. The van der Waals surface area contributed by atoms with Gasteiger partial charge < -0.3 is 10.0 Å². The zero-order valence-corrected chi connectivity index (χ0v) is 8.61. The first-order valence-electron chi connectivity index (χ1n) is 5.24. The third-order valence-electron chi connectivity index (χ3n) is 3.05. The number of hydrogen-bond donors (Lipinski definition) is 1. The number of aliphatic hydroxyl groups excluding tert-OH is 1. The molecule has 14 heavy (non-hydrogen) atoms. The van der Waals surface area contributed by atoms with Crippen molar-refractivity contribution in [1.82, 2.24) is 0 Å². The van der Waals surface area contributed by atoms with E-state index in [1.165, 1.54) is 11.3 Å². The van der Waals surface area contributed by atoms with Gasteiger partial charge in [-0.25, -0.2) is 0 Å². The van der Waals surface area contributed by atoms with Gasteiger partial charge in [0, 0.05) is 25.2 Å². The summed E-state index contributed by atoms with van der Waals surface area (Å²) >= 11 is 0. The van der Waals surface area contributed by atoms with Crippen molar-refractivity contribution in [2.45, 2.75) is 18.8 Å². The molecule has 2 rings (SSSR count). The normalized spacial score (nSPS) is 21.6. The number of anilines is 1. The number of nitrogens with zero attached hydrogens (tertiary/aromatic N) is 1. The molecule has 0 aromatic heterocycles. The van der Waals surface area contributed by atoms with Gasteiger partial charge in [-0.1, -0.05) is 18.2 Å². The van der Waals surface area contributed by atoms with Crippen LogP contribution in [0.15, 0.2) is 24.3 Å². The van der Waals surface area contributed by atoms with Crippen LogP contribution in [0.4, 0.5) is 5.69 Å². The summed E-state index contributed by atoms with van der Waals surface area (Å²) in [6.07, 6.45) is 2.26. The van der Waals surface area contributed by atoms with Gasteiger partial charge in [0.2, 0.25) is 0 Å². The standard InChI is InChI=1S/C12H17NO/c1-13-8-4-5-10(9-14)11-6-2-3-7-12(11)13/h2-3,6-7,10,14H,4-5,8-9H2,1H3. The first kappa shape index (κ1) is 9.53. The largest absolute Gasteiger partial charge is 0.396 e. The maximum atomic E-state index is 9.33. The van der Waals surface area contributed by atoms with E-state index in [9.17, 15) is 5.11 Å². The van der Waals surface area contributed by atoms with Gasteiger partial charge in [-0.3, -0.25) is 0 Å². The molecule has 1 aliphatic rings. The Bertz CT molecular complexity index is 311. The fourth-order valence-corrected chi connectivity index (χ4v) is 2.22. The number of rotatable bonds is 1. The molecule has 76 valence electrons. The average Bonchev–Trinajstić information content (AvgIpc) is 2.39. The van der Waals surface area contributed by atoms with E-state index in [4.69, 9.17) is 0 Å². The van der Waals surface area contributed by atoms with Gasteiger partial charge in [-0.05, 0) is 24.5 Å². The molecule has 0 saturated carbocycles. The van der Waals surface area contributed by atoms with E-state index < -0.39 is 0 Å². The molecule has 1 atom stereocenters. The molecule has 0 bridgehead atoms. The van der Waals surface area contributed by atoms with Gasteiger partial charge in [-0.2, -0.15) is 0 Å². The maximum absolute atomic E-state index is 9.33. The first-order chi connectivity index (χ1) is 6.83. The number of hydrogen-bond acceptors (Lipinski definition) is 2. The van der Waals surface area contributed by atoms with Crippen LogP contribution < -0.4 is 4.90 Å². The highest BCUT2D eigenvalue weighted by Crippen LogP contribution is 2.32. The SMILES string of the molecule is CN1CCCC(CO)c2ccccc21. The fourth-order valence-electron chi connectivity index (χ4n) is 2.22. The van der Waals surface area contributed by atoms with Crippen LogP contribution in [-0.2, 0) is 0 Å². The lowest BCUT2D eigenvalue weighted by atomic mass is 9.95. The highest BCUT2D eigenvalue weighted by Gasteiger charge is 2.19. The molecule has 1 unspecified atom stereocenters. The molecule has 2 heteroatoms. The molecule has 0 amide bonds. The second-order valence-electron chi connectivity index (χ2n) is 4.00. The lowest BCUT2D eigenvalue weighted by molar-refractivity contribution is 0.259. The van der Waals surface area contributed by atoms with Crippen molar-refractivity contribution in [3.8, 4) is 0 Å². The van der Waals surface area contributed by atoms with E-state index in [0.717, 1.165) is 19.4 Å². The zero-order valence-electron chi connectivity index (χ0n) is 8.61. The highest BCUT2D eigenvalue weighted by molar-refractivity contribution is 5.55. The summed E-state index contributed by atoms with van der Waals surface area (Å²) in [5.41, 5.74) is 2.58. The van der Waals surface area contributed by atoms with Crippen molar-refractivity contribution >= 4 is 5.69 Å². The Hall–Kier alpha value is -1.02. The Morgan fingerprint density at radius 3 is 3.00 bits per heavy atom. The van der Waals surface area contributed by atoms with E-state index in [-0.39, 0.29) is 6.61 Å². The van der Waals surface area contributed by atoms with Crippen LogP contribution in [0.25, 0.3) is 0 Å². The van der Waals surface area contributed by atoms with Crippen LogP contribution in [0, 0.1) is 0 Å². The van der Waals surface area contributed by atoms with E-state index in [1.54, 1.807) is 0 Å². The lowest BCUT2D eigenvalue weighted by Crippen LogP contribution is -2.17. The number of benzene rings is 1. The van der Waals surface area contributed by atoms with Gasteiger partial charge >= 0.3 is 0 Å². The molecule has 0 aliphatic carbocycles. The number of para-hydroxylation sites is 1. The van der Waals surface area contributed by atoms with Gasteiger partial charge in [-0.15, -0.1) is 0 Å². The summed E-state index contributed by atoms with van der Waals surface area (Å²) in [7, 11) is 2.12. The van der Waals surface area contributed by atoms with Crippen LogP contribution in [-0.4, -0.2) is 25.3 Å². The highest BCUT2D eigenvalue weighted by atomic mass is 16.3. The molecule has 1 aromatic rings. The monoisotopic (exact) mass is 191 g/mol. The average molecular weight is 191 g/mol. The van der Waals surface area contributed by atoms with Crippen molar-refractivity contribution < 1.29 is 5.11 Å². The maximum Gasteiger partial charge on any atom is 0.0500 e. The van der Waals surface area contributed by atoms with Crippen molar-refractivity contribution in [1.29, 1.82) is 0 Å². The quantitative estimate of drug-likeness (QED) is 0.734. The summed E-state index contributed by atoms with van der Waals surface area (Å²) in [6, 6.07) is 8.40. The van der Waals surface area contributed by atoms with Crippen molar-refractivity contribution in [2.75, 3.05) is 25.1 Å². The topological polar surface area (TPSA) is 23.5 Å². The smallest absolute Gasteiger partial charge is 0.0500 e. The molecule has 0 saturated heterocycles. The van der Waals surface area contributed by atoms with E-state index >= 15 is 0 Å². The van der Waals surface area contributed by atoms with Crippen molar-refractivity contribution in [2.24, 2.45) is 0 Å². The molecule has 0 spiro atoms. The Morgan fingerprint density at radius 2 is 2.21 bits per heavy atom. The lowest BCUT2D eigenvalue weighted by Gasteiger charge is -2.20. The number of fused-ring (bicyclic) bond motifs is 1. The second-order valence-corrected chi connectivity index (χ2v) is 4.00. The Kier molecular flexibility index (Phi) is 2.73. The summed E-state index contributed by atoms with van der Waals surface area (Å²) in [5, 5.41) is 9.33. The van der Waals surface area contributed by atoms with Crippen LogP contribution in [0.1, 0.15) is 24.3 Å². The zero-order chi connectivity index (χ0) is 9.97. The molecular formula is C12H17NO. The summed E-state index contributed by atoms with van der Waals surface area (Å²) < 4.78 is 0. The fraction of sp³-hybridized carbons (Fsp3) is 0.500. The van der Waals surface area contributed by atoms with E-state index in [2.05, 4.69) is 36.2 Å². The Labute approximate surface area is 85.2 Å². The molecule has 0 fully saturated rings. The molecule has 1 heterocycles. The van der Waals surface area contributed by atoms with Crippen LogP contribution >= 0.6 is 0 Å². The molecule has 1 N–H and O–H groups in total. The minimum atomic E-state index is 0.269. The molecule has 2 nitrogen and oxygen atoms in total. The van der Waals surface area contributed by atoms with Crippen LogP contribution in [0.2, 0.25) is 0 Å². The third-order valence-corrected chi connectivity index (χ3v) is 3.05.